The van der Waals surface area contributed by atoms with Crippen LogP contribution >= 0.6 is 11.3 Å². The van der Waals surface area contributed by atoms with Gasteiger partial charge in [0.2, 0.25) is 0 Å². The van der Waals surface area contributed by atoms with Crippen LogP contribution in [0.25, 0.3) is 0 Å². The molecule has 0 aromatic carbocycles. The lowest BCUT2D eigenvalue weighted by Gasteiger charge is -2.25. The molecule has 20 heavy (non-hydrogen) atoms. The summed E-state index contributed by atoms with van der Waals surface area (Å²) in [5.74, 6) is 0. The number of thiazole rings is 1. The first-order valence-corrected chi connectivity index (χ1v) is 8.66. The monoisotopic (exact) mass is 294 g/mol. The minimum Gasteiger partial charge on any atom is -0.346 e. The maximum absolute atomic E-state index is 4.68. The molecule has 2 fully saturated rings. The molecule has 3 rings (SSSR count). The van der Waals surface area contributed by atoms with Gasteiger partial charge in [0, 0.05) is 42.3 Å². The van der Waals surface area contributed by atoms with Crippen molar-refractivity contribution in [3.05, 3.63) is 11.1 Å². The molecular weight excluding hydrogens is 268 g/mol. The van der Waals surface area contributed by atoms with Crippen LogP contribution < -0.4 is 10.2 Å². The van der Waals surface area contributed by atoms with Crippen LogP contribution in [-0.2, 0) is 0 Å². The molecule has 5 heteroatoms. The summed E-state index contributed by atoms with van der Waals surface area (Å²) in [6.07, 6.45) is 6.07. The van der Waals surface area contributed by atoms with Crippen molar-refractivity contribution in [1.82, 2.24) is 15.2 Å². The Morgan fingerprint density at radius 2 is 2.20 bits per heavy atom. The van der Waals surface area contributed by atoms with E-state index in [0.717, 1.165) is 31.7 Å². The van der Waals surface area contributed by atoms with E-state index in [1.807, 2.05) is 11.3 Å². The van der Waals surface area contributed by atoms with Crippen LogP contribution in [0.2, 0.25) is 0 Å². The van der Waals surface area contributed by atoms with Gasteiger partial charge in [-0.25, -0.2) is 4.98 Å². The Labute approximate surface area is 126 Å². The SMILES string of the molecule is CCNC(C)c1cnc(N2CCC3CCC(C2)N3C)s1. The second-order valence-corrected chi connectivity index (χ2v) is 7.15. The van der Waals surface area contributed by atoms with E-state index in [4.69, 9.17) is 0 Å². The van der Waals surface area contributed by atoms with Crippen LogP contribution in [0.1, 0.15) is 44.0 Å². The Morgan fingerprint density at radius 1 is 1.40 bits per heavy atom. The van der Waals surface area contributed by atoms with Gasteiger partial charge in [0.1, 0.15) is 0 Å². The van der Waals surface area contributed by atoms with E-state index in [1.165, 1.54) is 29.3 Å². The zero-order valence-corrected chi connectivity index (χ0v) is 13.6. The van der Waals surface area contributed by atoms with E-state index < -0.39 is 0 Å². The van der Waals surface area contributed by atoms with Gasteiger partial charge in [-0.05, 0) is 39.8 Å². The maximum atomic E-state index is 4.68. The second-order valence-electron chi connectivity index (χ2n) is 6.11. The average molecular weight is 294 g/mol. The highest BCUT2D eigenvalue weighted by molar-refractivity contribution is 7.15. The Balaban J connectivity index is 1.70. The van der Waals surface area contributed by atoms with Crippen LogP contribution in [0.4, 0.5) is 5.13 Å². The summed E-state index contributed by atoms with van der Waals surface area (Å²) in [5, 5.41) is 4.68. The summed E-state index contributed by atoms with van der Waals surface area (Å²) in [7, 11) is 2.30. The zero-order valence-electron chi connectivity index (χ0n) is 12.8. The van der Waals surface area contributed by atoms with Crippen LogP contribution in [0.15, 0.2) is 6.20 Å². The normalized spacial score (nSPS) is 28.6. The van der Waals surface area contributed by atoms with E-state index >= 15 is 0 Å². The number of nitrogens with one attached hydrogen (secondary N) is 1. The number of hydrogen-bond donors (Lipinski definition) is 1. The van der Waals surface area contributed by atoms with Crippen molar-refractivity contribution in [3.63, 3.8) is 0 Å². The molecule has 1 N–H and O–H groups in total. The maximum Gasteiger partial charge on any atom is 0.185 e. The quantitative estimate of drug-likeness (QED) is 0.924. The van der Waals surface area contributed by atoms with Gasteiger partial charge in [-0.15, -0.1) is 11.3 Å². The standard InChI is InChI=1S/C15H26N4S/c1-4-16-11(2)14-9-17-15(20-14)19-8-7-12-5-6-13(10-19)18(12)3/h9,11-13,16H,4-8,10H2,1-3H3. The molecule has 0 radical (unpaired) electrons. The van der Waals surface area contributed by atoms with Gasteiger partial charge in [0.25, 0.3) is 0 Å². The minimum absolute atomic E-state index is 0.414. The Bertz CT molecular complexity index is 447. The number of fused-ring (bicyclic) bond motifs is 2. The number of aromatic nitrogens is 1. The number of nitrogens with zero attached hydrogens (tertiary/aromatic N) is 3. The summed E-state index contributed by atoms with van der Waals surface area (Å²) in [5.41, 5.74) is 0. The third kappa shape index (κ3) is 2.71. The lowest BCUT2D eigenvalue weighted by molar-refractivity contribution is 0.254. The molecule has 1 aromatic rings. The fourth-order valence-corrected chi connectivity index (χ4v) is 4.49. The van der Waals surface area contributed by atoms with Crippen molar-refractivity contribution in [2.24, 2.45) is 0 Å². The van der Waals surface area contributed by atoms with Crippen molar-refractivity contribution >= 4 is 16.5 Å². The van der Waals surface area contributed by atoms with Crippen molar-refractivity contribution in [2.75, 3.05) is 31.6 Å². The van der Waals surface area contributed by atoms with Gasteiger partial charge in [0.15, 0.2) is 5.13 Å². The van der Waals surface area contributed by atoms with Gasteiger partial charge in [-0.3, -0.25) is 4.90 Å². The van der Waals surface area contributed by atoms with Crippen LogP contribution in [0.5, 0.6) is 0 Å². The highest BCUT2D eigenvalue weighted by Crippen LogP contribution is 2.33. The number of likely N-dealkylation sites (N-methyl/N-ethyl adjacent to an activating group) is 1. The average Bonchev–Trinajstić information content (AvgIpc) is 2.97. The van der Waals surface area contributed by atoms with E-state index in [1.54, 1.807) is 0 Å². The molecule has 2 bridgehead atoms. The Hall–Kier alpha value is -0.650. The molecular formula is C15H26N4S. The van der Waals surface area contributed by atoms with E-state index in [-0.39, 0.29) is 0 Å². The van der Waals surface area contributed by atoms with Gasteiger partial charge in [-0.2, -0.15) is 0 Å². The highest BCUT2D eigenvalue weighted by atomic mass is 32.1. The predicted octanol–water partition coefficient (Wildman–Crippen LogP) is 2.49. The molecule has 0 saturated carbocycles. The van der Waals surface area contributed by atoms with Crippen molar-refractivity contribution in [2.45, 2.75) is 51.2 Å². The first-order chi connectivity index (χ1) is 9.69. The summed E-state index contributed by atoms with van der Waals surface area (Å²) < 4.78 is 0. The summed E-state index contributed by atoms with van der Waals surface area (Å²) in [6, 6.07) is 1.93. The summed E-state index contributed by atoms with van der Waals surface area (Å²) in [4.78, 5) is 11.1. The topological polar surface area (TPSA) is 31.4 Å². The predicted molar refractivity (Wildman–Crippen MR) is 85.6 cm³/mol. The molecule has 2 aliphatic heterocycles. The van der Waals surface area contributed by atoms with E-state index in [9.17, 15) is 0 Å². The molecule has 0 aliphatic carbocycles. The highest BCUT2D eigenvalue weighted by Gasteiger charge is 2.35. The third-order valence-electron chi connectivity index (χ3n) is 4.87. The molecule has 3 heterocycles. The summed E-state index contributed by atoms with van der Waals surface area (Å²) in [6.45, 7) is 7.69. The number of rotatable bonds is 4. The first-order valence-electron chi connectivity index (χ1n) is 7.85. The molecule has 112 valence electrons. The fourth-order valence-electron chi connectivity index (χ4n) is 3.51. The first kappa shape index (κ1) is 14.3. The van der Waals surface area contributed by atoms with E-state index in [0.29, 0.717) is 6.04 Å². The molecule has 0 amide bonds. The molecule has 4 nitrogen and oxygen atoms in total. The van der Waals surface area contributed by atoms with Crippen molar-refractivity contribution < 1.29 is 0 Å². The summed E-state index contributed by atoms with van der Waals surface area (Å²) >= 11 is 1.86. The van der Waals surface area contributed by atoms with Gasteiger partial charge in [0.05, 0.1) is 0 Å². The second kappa shape index (κ2) is 6.00. The smallest absolute Gasteiger partial charge is 0.185 e. The third-order valence-corrected chi connectivity index (χ3v) is 6.11. The Morgan fingerprint density at radius 3 is 3.00 bits per heavy atom. The lowest BCUT2D eigenvalue weighted by Crippen LogP contribution is -2.36. The minimum atomic E-state index is 0.414. The zero-order chi connectivity index (χ0) is 14.1. The van der Waals surface area contributed by atoms with Gasteiger partial charge in [-0.1, -0.05) is 6.92 Å². The van der Waals surface area contributed by atoms with E-state index in [2.05, 4.69) is 47.2 Å². The molecule has 3 atom stereocenters. The molecule has 1 aromatic heterocycles. The molecule has 2 saturated heterocycles. The van der Waals surface area contributed by atoms with Crippen LogP contribution in [0, 0.1) is 0 Å². The van der Waals surface area contributed by atoms with Gasteiger partial charge < -0.3 is 10.2 Å². The number of anilines is 1. The molecule has 0 spiro atoms. The lowest BCUT2D eigenvalue weighted by atomic mass is 10.1. The molecule has 3 unspecified atom stereocenters. The van der Waals surface area contributed by atoms with Crippen molar-refractivity contribution in [3.8, 4) is 0 Å². The largest absolute Gasteiger partial charge is 0.346 e. The van der Waals surface area contributed by atoms with Gasteiger partial charge >= 0.3 is 0 Å². The van der Waals surface area contributed by atoms with Crippen LogP contribution in [0.3, 0.4) is 0 Å². The number of hydrogen-bond acceptors (Lipinski definition) is 5. The van der Waals surface area contributed by atoms with Crippen molar-refractivity contribution in [1.29, 1.82) is 0 Å². The fraction of sp³-hybridized carbons (Fsp3) is 0.800. The Kier molecular flexibility index (Phi) is 4.29. The van der Waals surface area contributed by atoms with Crippen LogP contribution in [-0.4, -0.2) is 48.6 Å². The molecule has 2 aliphatic rings.